The van der Waals surface area contributed by atoms with Gasteiger partial charge in [0.2, 0.25) is 0 Å². The van der Waals surface area contributed by atoms with E-state index in [1.165, 1.54) is 38.9 Å². The van der Waals surface area contributed by atoms with Crippen molar-refractivity contribution in [2.75, 3.05) is 46.1 Å². The number of hydrogen-bond donors (Lipinski definition) is 0. The maximum absolute atomic E-state index is 5.48. The van der Waals surface area contributed by atoms with E-state index in [2.05, 4.69) is 4.90 Å². The molecule has 0 amide bonds. The number of piperidine rings is 1. The van der Waals surface area contributed by atoms with Crippen LogP contribution < -0.4 is 0 Å². The zero-order valence-corrected chi connectivity index (χ0v) is 10.0. The van der Waals surface area contributed by atoms with Gasteiger partial charge in [0.05, 0.1) is 13.2 Å². The van der Waals surface area contributed by atoms with E-state index in [0.717, 1.165) is 32.8 Å². The predicted octanol–water partition coefficient (Wildman–Crippen LogP) is 1.92. The molecule has 0 aromatic heterocycles. The molecule has 0 unspecified atom stereocenters. The van der Waals surface area contributed by atoms with Gasteiger partial charge in [0.1, 0.15) is 0 Å². The zero-order chi connectivity index (χ0) is 10.8. The number of hydrogen-bond acceptors (Lipinski definition) is 3. The summed E-state index contributed by atoms with van der Waals surface area (Å²) in [5.74, 6) is 0. The Bertz CT molecular complexity index is 136. The van der Waals surface area contributed by atoms with E-state index < -0.39 is 0 Å². The Labute approximate surface area is 93.7 Å². The molecule has 3 heteroatoms. The summed E-state index contributed by atoms with van der Waals surface area (Å²) in [7, 11) is 0. The van der Waals surface area contributed by atoms with E-state index in [9.17, 15) is 0 Å². The molecule has 0 N–H and O–H groups in total. The first kappa shape index (κ1) is 12.9. The molecular weight excluding hydrogens is 190 g/mol. The molecule has 15 heavy (non-hydrogen) atoms. The summed E-state index contributed by atoms with van der Waals surface area (Å²) in [5.41, 5.74) is 0. The van der Waals surface area contributed by atoms with E-state index in [4.69, 9.17) is 9.47 Å². The molecule has 90 valence electrons. The molecular formula is C12H25NO2. The summed E-state index contributed by atoms with van der Waals surface area (Å²) < 4.78 is 10.7. The van der Waals surface area contributed by atoms with Crippen LogP contribution in [0.25, 0.3) is 0 Å². The van der Waals surface area contributed by atoms with Crippen molar-refractivity contribution in [3.8, 4) is 0 Å². The van der Waals surface area contributed by atoms with Gasteiger partial charge in [-0.3, -0.25) is 0 Å². The first-order valence-electron chi connectivity index (χ1n) is 6.31. The quantitative estimate of drug-likeness (QED) is 0.577. The molecule has 0 spiro atoms. The highest BCUT2D eigenvalue weighted by molar-refractivity contribution is 4.63. The van der Waals surface area contributed by atoms with Crippen LogP contribution in [0.3, 0.4) is 0 Å². The predicted molar refractivity (Wildman–Crippen MR) is 62.2 cm³/mol. The van der Waals surface area contributed by atoms with Crippen LogP contribution in [0, 0.1) is 0 Å². The third kappa shape index (κ3) is 6.88. The maximum Gasteiger partial charge on any atom is 0.0700 e. The van der Waals surface area contributed by atoms with Gasteiger partial charge in [0, 0.05) is 19.8 Å². The van der Waals surface area contributed by atoms with Gasteiger partial charge in [0.15, 0.2) is 0 Å². The standard InChI is InChI=1S/C12H25NO2/c1-2-14-11-12-15-10-6-9-13-7-4-3-5-8-13/h2-12H2,1H3. The fourth-order valence-corrected chi connectivity index (χ4v) is 1.94. The highest BCUT2D eigenvalue weighted by atomic mass is 16.5. The average molecular weight is 215 g/mol. The van der Waals surface area contributed by atoms with Gasteiger partial charge in [-0.25, -0.2) is 0 Å². The van der Waals surface area contributed by atoms with E-state index in [0.29, 0.717) is 0 Å². The van der Waals surface area contributed by atoms with Crippen molar-refractivity contribution in [1.29, 1.82) is 0 Å². The van der Waals surface area contributed by atoms with Crippen LogP contribution in [0.15, 0.2) is 0 Å². The summed E-state index contributed by atoms with van der Waals surface area (Å²) in [6, 6.07) is 0. The highest BCUT2D eigenvalue weighted by Crippen LogP contribution is 2.08. The minimum absolute atomic E-state index is 0.736. The zero-order valence-electron chi connectivity index (χ0n) is 10.0. The minimum atomic E-state index is 0.736. The Morgan fingerprint density at radius 1 is 0.933 bits per heavy atom. The molecule has 0 bridgehead atoms. The number of nitrogens with zero attached hydrogens (tertiary/aromatic N) is 1. The molecule has 1 rings (SSSR count). The number of ether oxygens (including phenoxy) is 2. The van der Waals surface area contributed by atoms with Crippen LogP contribution in [-0.4, -0.2) is 51.0 Å². The Hall–Kier alpha value is -0.120. The first-order valence-corrected chi connectivity index (χ1v) is 6.31. The Kier molecular flexibility index (Phi) is 7.88. The first-order chi connectivity index (χ1) is 7.43. The van der Waals surface area contributed by atoms with Gasteiger partial charge >= 0.3 is 0 Å². The van der Waals surface area contributed by atoms with Gasteiger partial charge in [0.25, 0.3) is 0 Å². The average Bonchev–Trinajstić information content (AvgIpc) is 2.29. The third-order valence-electron chi connectivity index (χ3n) is 2.79. The van der Waals surface area contributed by atoms with Crippen LogP contribution in [0.1, 0.15) is 32.6 Å². The van der Waals surface area contributed by atoms with Crippen molar-refractivity contribution in [2.24, 2.45) is 0 Å². The van der Waals surface area contributed by atoms with E-state index in [1.807, 2.05) is 6.92 Å². The Morgan fingerprint density at radius 2 is 1.67 bits per heavy atom. The van der Waals surface area contributed by atoms with Crippen LogP contribution in [0.5, 0.6) is 0 Å². The van der Waals surface area contributed by atoms with Crippen molar-refractivity contribution < 1.29 is 9.47 Å². The van der Waals surface area contributed by atoms with Crippen LogP contribution in [0.4, 0.5) is 0 Å². The SMILES string of the molecule is CCOCCOCCCN1CCCCC1. The number of rotatable bonds is 8. The molecule has 0 saturated carbocycles. The second-order valence-electron chi connectivity index (χ2n) is 4.07. The van der Waals surface area contributed by atoms with Gasteiger partial charge in [-0.15, -0.1) is 0 Å². The van der Waals surface area contributed by atoms with E-state index in [-0.39, 0.29) is 0 Å². The second-order valence-corrected chi connectivity index (χ2v) is 4.07. The topological polar surface area (TPSA) is 21.7 Å². The van der Waals surface area contributed by atoms with Crippen LogP contribution in [0.2, 0.25) is 0 Å². The lowest BCUT2D eigenvalue weighted by Crippen LogP contribution is -2.31. The van der Waals surface area contributed by atoms with Crippen molar-refractivity contribution in [2.45, 2.75) is 32.6 Å². The highest BCUT2D eigenvalue weighted by Gasteiger charge is 2.08. The Balaban J connectivity index is 1.79. The van der Waals surface area contributed by atoms with Gasteiger partial charge in [-0.2, -0.15) is 0 Å². The van der Waals surface area contributed by atoms with Gasteiger partial charge in [-0.05, 0) is 39.3 Å². The summed E-state index contributed by atoms with van der Waals surface area (Å²) in [6.45, 7) is 8.94. The monoisotopic (exact) mass is 215 g/mol. The lowest BCUT2D eigenvalue weighted by molar-refractivity contribution is 0.0482. The van der Waals surface area contributed by atoms with Crippen molar-refractivity contribution in [1.82, 2.24) is 4.90 Å². The molecule has 1 heterocycles. The summed E-state index contributed by atoms with van der Waals surface area (Å²) >= 11 is 0. The number of likely N-dealkylation sites (tertiary alicyclic amines) is 1. The molecule has 0 aromatic carbocycles. The van der Waals surface area contributed by atoms with Crippen LogP contribution >= 0.6 is 0 Å². The maximum atomic E-state index is 5.48. The largest absolute Gasteiger partial charge is 0.379 e. The van der Waals surface area contributed by atoms with Crippen molar-refractivity contribution in [3.05, 3.63) is 0 Å². The third-order valence-corrected chi connectivity index (χ3v) is 2.79. The second kappa shape index (κ2) is 9.13. The molecule has 3 nitrogen and oxygen atoms in total. The smallest absolute Gasteiger partial charge is 0.0700 e. The molecule has 1 fully saturated rings. The molecule has 1 aliphatic rings. The molecule has 0 aliphatic carbocycles. The molecule has 1 aliphatic heterocycles. The van der Waals surface area contributed by atoms with E-state index in [1.54, 1.807) is 0 Å². The Morgan fingerprint density at radius 3 is 2.40 bits per heavy atom. The van der Waals surface area contributed by atoms with Crippen molar-refractivity contribution >= 4 is 0 Å². The molecule has 1 saturated heterocycles. The van der Waals surface area contributed by atoms with Gasteiger partial charge in [-0.1, -0.05) is 6.42 Å². The summed E-state index contributed by atoms with van der Waals surface area (Å²) in [6.07, 6.45) is 5.34. The fraction of sp³-hybridized carbons (Fsp3) is 1.00. The van der Waals surface area contributed by atoms with Crippen LogP contribution in [-0.2, 0) is 9.47 Å². The molecule has 0 atom stereocenters. The lowest BCUT2D eigenvalue weighted by atomic mass is 10.1. The lowest BCUT2D eigenvalue weighted by Gasteiger charge is -2.26. The fourth-order valence-electron chi connectivity index (χ4n) is 1.94. The van der Waals surface area contributed by atoms with Gasteiger partial charge < -0.3 is 14.4 Å². The minimum Gasteiger partial charge on any atom is -0.379 e. The molecule has 0 radical (unpaired) electrons. The summed E-state index contributed by atoms with van der Waals surface area (Å²) in [4.78, 5) is 2.55. The van der Waals surface area contributed by atoms with Crippen molar-refractivity contribution in [3.63, 3.8) is 0 Å². The summed E-state index contributed by atoms with van der Waals surface area (Å²) in [5, 5.41) is 0. The molecule has 0 aromatic rings. The normalized spacial score (nSPS) is 18.2. The van der Waals surface area contributed by atoms with E-state index >= 15 is 0 Å².